The topological polar surface area (TPSA) is 9.23 Å². The van der Waals surface area contributed by atoms with E-state index in [-0.39, 0.29) is 0 Å². The van der Waals surface area contributed by atoms with Crippen molar-refractivity contribution < 1.29 is 4.74 Å². The molecule has 0 heterocycles. The SMILES string of the molecule is C=C(C)COCC=CC. The average molecular weight is 126 g/mol. The molecule has 52 valence electrons. The number of allylic oxidation sites excluding steroid dienone is 1. The van der Waals surface area contributed by atoms with Gasteiger partial charge in [-0.15, -0.1) is 0 Å². The van der Waals surface area contributed by atoms with Crippen molar-refractivity contribution >= 4 is 0 Å². The Kier molecular flexibility index (Phi) is 5.23. The Balaban J connectivity index is 3.01. The number of ether oxygens (including phenoxy) is 1. The molecule has 0 bridgehead atoms. The third kappa shape index (κ3) is 7.44. The van der Waals surface area contributed by atoms with E-state index in [1.54, 1.807) is 0 Å². The quantitative estimate of drug-likeness (QED) is 0.414. The summed E-state index contributed by atoms with van der Waals surface area (Å²) >= 11 is 0. The predicted molar refractivity (Wildman–Crippen MR) is 40.4 cm³/mol. The minimum absolute atomic E-state index is 0.671. The molecular formula is C8H14O. The molecular weight excluding hydrogens is 112 g/mol. The molecule has 0 aromatic carbocycles. The summed E-state index contributed by atoms with van der Waals surface area (Å²) in [5, 5.41) is 0. The first kappa shape index (κ1) is 8.44. The third-order valence-electron chi connectivity index (χ3n) is 0.798. The lowest BCUT2D eigenvalue weighted by Crippen LogP contribution is -1.93. The first-order valence-corrected chi connectivity index (χ1v) is 3.10. The van der Waals surface area contributed by atoms with Crippen LogP contribution in [-0.4, -0.2) is 13.2 Å². The summed E-state index contributed by atoms with van der Waals surface area (Å²) in [6.07, 6.45) is 3.95. The van der Waals surface area contributed by atoms with Crippen molar-refractivity contribution in [2.24, 2.45) is 0 Å². The first-order chi connectivity index (χ1) is 4.27. The highest BCUT2D eigenvalue weighted by molar-refractivity contribution is 4.88. The van der Waals surface area contributed by atoms with Crippen LogP contribution in [-0.2, 0) is 4.74 Å². The summed E-state index contributed by atoms with van der Waals surface area (Å²) in [6, 6.07) is 0. The predicted octanol–water partition coefficient (Wildman–Crippen LogP) is 2.16. The van der Waals surface area contributed by atoms with E-state index < -0.39 is 0 Å². The molecule has 0 rings (SSSR count). The van der Waals surface area contributed by atoms with Gasteiger partial charge in [0, 0.05) is 0 Å². The highest BCUT2D eigenvalue weighted by atomic mass is 16.5. The van der Waals surface area contributed by atoms with Crippen LogP contribution in [0, 0.1) is 0 Å². The van der Waals surface area contributed by atoms with E-state index in [2.05, 4.69) is 6.58 Å². The van der Waals surface area contributed by atoms with Gasteiger partial charge in [-0.05, 0) is 13.8 Å². The third-order valence-corrected chi connectivity index (χ3v) is 0.798. The Hall–Kier alpha value is -0.560. The van der Waals surface area contributed by atoms with Gasteiger partial charge in [0.05, 0.1) is 13.2 Å². The van der Waals surface area contributed by atoms with Gasteiger partial charge in [-0.3, -0.25) is 0 Å². The fourth-order valence-corrected chi connectivity index (χ4v) is 0.397. The fourth-order valence-electron chi connectivity index (χ4n) is 0.397. The highest BCUT2D eigenvalue weighted by Gasteiger charge is 1.81. The van der Waals surface area contributed by atoms with Gasteiger partial charge in [0.2, 0.25) is 0 Å². The average Bonchev–Trinajstić information content (AvgIpc) is 1.80. The molecule has 0 atom stereocenters. The highest BCUT2D eigenvalue weighted by Crippen LogP contribution is 1.87. The van der Waals surface area contributed by atoms with Crippen LogP contribution >= 0.6 is 0 Å². The second-order valence-electron chi connectivity index (χ2n) is 2.04. The van der Waals surface area contributed by atoms with Crippen LogP contribution in [0.15, 0.2) is 24.3 Å². The summed E-state index contributed by atoms with van der Waals surface area (Å²) in [5.41, 5.74) is 1.07. The normalized spacial score (nSPS) is 10.4. The smallest absolute Gasteiger partial charge is 0.0675 e. The van der Waals surface area contributed by atoms with Crippen LogP contribution in [0.5, 0.6) is 0 Å². The van der Waals surface area contributed by atoms with Gasteiger partial charge in [-0.2, -0.15) is 0 Å². The van der Waals surface area contributed by atoms with Crippen LogP contribution in [0.3, 0.4) is 0 Å². The molecule has 1 heteroatoms. The van der Waals surface area contributed by atoms with E-state index in [9.17, 15) is 0 Å². The summed E-state index contributed by atoms with van der Waals surface area (Å²) in [6.45, 7) is 9.00. The summed E-state index contributed by atoms with van der Waals surface area (Å²) < 4.78 is 5.15. The van der Waals surface area contributed by atoms with Gasteiger partial charge in [0.15, 0.2) is 0 Å². The Morgan fingerprint density at radius 2 is 2.33 bits per heavy atom. The van der Waals surface area contributed by atoms with Gasteiger partial charge < -0.3 is 4.74 Å². The maximum Gasteiger partial charge on any atom is 0.0675 e. The maximum absolute atomic E-state index is 5.15. The van der Waals surface area contributed by atoms with Gasteiger partial charge in [-0.25, -0.2) is 0 Å². The lowest BCUT2D eigenvalue weighted by molar-refractivity contribution is 0.187. The van der Waals surface area contributed by atoms with Crippen molar-refractivity contribution in [1.29, 1.82) is 0 Å². The molecule has 0 radical (unpaired) electrons. The summed E-state index contributed by atoms with van der Waals surface area (Å²) in [7, 11) is 0. The minimum Gasteiger partial charge on any atom is -0.373 e. The van der Waals surface area contributed by atoms with Crippen LogP contribution in [0.2, 0.25) is 0 Å². The van der Waals surface area contributed by atoms with Gasteiger partial charge >= 0.3 is 0 Å². The van der Waals surface area contributed by atoms with Crippen molar-refractivity contribution in [1.82, 2.24) is 0 Å². The largest absolute Gasteiger partial charge is 0.373 e. The summed E-state index contributed by atoms with van der Waals surface area (Å²) in [5.74, 6) is 0. The standard InChI is InChI=1S/C8H14O/c1-4-5-6-9-7-8(2)3/h4-5H,2,6-7H2,1,3H3. The maximum atomic E-state index is 5.15. The molecule has 0 aliphatic carbocycles. The molecule has 1 nitrogen and oxygen atoms in total. The molecule has 0 fully saturated rings. The zero-order chi connectivity index (χ0) is 7.11. The van der Waals surface area contributed by atoms with Gasteiger partial charge in [0.25, 0.3) is 0 Å². The molecule has 0 unspecified atom stereocenters. The molecule has 0 spiro atoms. The number of rotatable bonds is 4. The molecule has 0 aliphatic heterocycles. The second kappa shape index (κ2) is 5.57. The molecule has 0 aliphatic rings. The molecule has 0 aromatic rings. The molecule has 9 heavy (non-hydrogen) atoms. The minimum atomic E-state index is 0.671. The molecule has 0 saturated carbocycles. The fraction of sp³-hybridized carbons (Fsp3) is 0.500. The molecule has 0 amide bonds. The van der Waals surface area contributed by atoms with Gasteiger partial charge in [0.1, 0.15) is 0 Å². The van der Waals surface area contributed by atoms with E-state index in [4.69, 9.17) is 4.74 Å². The van der Waals surface area contributed by atoms with E-state index in [1.165, 1.54) is 0 Å². The second-order valence-corrected chi connectivity index (χ2v) is 2.04. The molecule has 0 N–H and O–H groups in total. The van der Waals surface area contributed by atoms with Gasteiger partial charge in [-0.1, -0.05) is 24.3 Å². The summed E-state index contributed by atoms with van der Waals surface area (Å²) in [4.78, 5) is 0. The van der Waals surface area contributed by atoms with Crippen molar-refractivity contribution in [2.75, 3.05) is 13.2 Å². The van der Waals surface area contributed by atoms with Crippen molar-refractivity contribution in [3.05, 3.63) is 24.3 Å². The monoisotopic (exact) mass is 126 g/mol. The number of hydrogen-bond donors (Lipinski definition) is 0. The zero-order valence-electron chi connectivity index (χ0n) is 6.18. The van der Waals surface area contributed by atoms with Crippen LogP contribution in [0.1, 0.15) is 13.8 Å². The van der Waals surface area contributed by atoms with E-state index >= 15 is 0 Å². The Bertz CT molecular complexity index is 103. The molecule has 0 aromatic heterocycles. The van der Waals surface area contributed by atoms with Crippen LogP contribution < -0.4 is 0 Å². The molecule has 0 saturated heterocycles. The lowest BCUT2D eigenvalue weighted by Gasteiger charge is -1.97. The van der Waals surface area contributed by atoms with Crippen LogP contribution in [0.4, 0.5) is 0 Å². The van der Waals surface area contributed by atoms with E-state index in [0.29, 0.717) is 13.2 Å². The van der Waals surface area contributed by atoms with E-state index in [1.807, 2.05) is 26.0 Å². The van der Waals surface area contributed by atoms with Crippen molar-refractivity contribution in [3.63, 3.8) is 0 Å². The Morgan fingerprint density at radius 3 is 2.78 bits per heavy atom. The number of hydrogen-bond acceptors (Lipinski definition) is 1. The van der Waals surface area contributed by atoms with Crippen molar-refractivity contribution in [3.8, 4) is 0 Å². The van der Waals surface area contributed by atoms with Crippen LogP contribution in [0.25, 0.3) is 0 Å². The van der Waals surface area contributed by atoms with E-state index in [0.717, 1.165) is 5.57 Å². The van der Waals surface area contributed by atoms with Crippen molar-refractivity contribution in [2.45, 2.75) is 13.8 Å². The first-order valence-electron chi connectivity index (χ1n) is 3.10. The zero-order valence-corrected chi connectivity index (χ0v) is 6.18. The lowest BCUT2D eigenvalue weighted by atomic mass is 10.4. The Morgan fingerprint density at radius 1 is 1.67 bits per heavy atom. The Labute approximate surface area is 57.0 Å².